The van der Waals surface area contributed by atoms with Crippen LogP contribution in [0, 0.1) is 0 Å². The Morgan fingerprint density at radius 1 is 1.56 bits per heavy atom. The van der Waals surface area contributed by atoms with E-state index < -0.39 is 5.60 Å². The molecule has 0 aromatic heterocycles. The maximum absolute atomic E-state index is 12.0. The predicted octanol–water partition coefficient (Wildman–Crippen LogP) is 3.38. The molecule has 0 aromatic carbocycles. The van der Waals surface area contributed by atoms with Crippen LogP contribution < -0.4 is 0 Å². The van der Waals surface area contributed by atoms with E-state index in [-0.39, 0.29) is 11.6 Å². The molecule has 1 aliphatic rings. The van der Waals surface area contributed by atoms with Gasteiger partial charge in [-0.15, -0.1) is 0 Å². The van der Waals surface area contributed by atoms with Crippen LogP contribution in [0.1, 0.15) is 47.5 Å². The average molecular weight is 247 g/mol. The van der Waals surface area contributed by atoms with Gasteiger partial charge in [0.15, 0.2) is 0 Å². The molecule has 1 atom stereocenters. The number of ether oxygens (including phenoxy) is 1. The fraction of sp³-hybridized carbons (Fsp3) is 0.909. The van der Waals surface area contributed by atoms with Crippen molar-refractivity contribution in [2.24, 2.45) is 0 Å². The van der Waals surface area contributed by atoms with Gasteiger partial charge in [-0.25, -0.2) is 9.10 Å². The molecule has 0 saturated carbocycles. The molecule has 1 fully saturated rings. The molecule has 1 heterocycles. The first-order valence-corrected chi connectivity index (χ1v) is 6.31. The van der Waals surface area contributed by atoms with Gasteiger partial charge in [0, 0.05) is 0 Å². The van der Waals surface area contributed by atoms with Crippen LogP contribution in [0.2, 0.25) is 0 Å². The SMILES string of the molecule is CCC1(C)CCOSN1C(=O)OC(C)(C)C. The van der Waals surface area contributed by atoms with Crippen molar-refractivity contribution < 1.29 is 13.7 Å². The summed E-state index contributed by atoms with van der Waals surface area (Å²) in [6.07, 6.45) is 1.42. The van der Waals surface area contributed by atoms with Crippen molar-refractivity contribution in [1.82, 2.24) is 4.31 Å². The Morgan fingerprint density at radius 3 is 2.69 bits per heavy atom. The van der Waals surface area contributed by atoms with Gasteiger partial charge in [0.05, 0.1) is 12.1 Å². The summed E-state index contributed by atoms with van der Waals surface area (Å²) < 4.78 is 12.2. The van der Waals surface area contributed by atoms with E-state index in [1.807, 2.05) is 20.8 Å². The zero-order chi connectivity index (χ0) is 12.4. The number of hydrogen-bond donors (Lipinski definition) is 0. The predicted molar refractivity (Wildman–Crippen MR) is 64.9 cm³/mol. The third-order valence-electron chi connectivity index (χ3n) is 2.66. The van der Waals surface area contributed by atoms with E-state index in [0.717, 1.165) is 25.1 Å². The van der Waals surface area contributed by atoms with Crippen molar-refractivity contribution >= 4 is 18.3 Å². The highest BCUT2D eigenvalue weighted by Crippen LogP contribution is 2.36. The first-order valence-electron chi connectivity index (χ1n) is 5.61. The van der Waals surface area contributed by atoms with E-state index in [0.29, 0.717) is 6.61 Å². The highest BCUT2D eigenvalue weighted by atomic mass is 32.2. The van der Waals surface area contributed by atoms with Gasteiger partial charge in [-0.1, -0.05) is 6.92 Å². The molecular weight excluding hydrogens is 226 g/mol. The molecule has 0 bridgehead atoms. The molecule has 1 unspecified atom stereocenters. The van der Waals surface area contributed by atoms with Crippen molar-refractivity contribution in [2.45, 2.75) is 58.6 Å². The lowest BCUT2D eigenvalue weighted by Crippen LogP contribution is -2.50. The average Bonchev–Trinajstić information content (AvgIpc) is 2.15. The van der Waals surface area contributed by atoms with Crippen LogP contribution in [-0.2, 0) is 8.92 Å². The Balaban J connectivity index is 2.72. The van der Waals surface area contributed by atoms with Gasteiger partial charge in [-0.2, -0.15) is 0 Å². The summed E-state index contributed by atoms with van der Waals surface area (Å²) in [7, 11) is 0. The Morgan fingerprint density at radius 2 is 2.19 bits per heavy atom. The lowest BCUT2D eigenvalue weighted by molar-refractivity contribution is 0.0165. The fourth-order valence-corrected chi connectivity index (χ4v) is 2.18. The van der Waals surface area contributed by atoms with Crippen molar-refractivity contribution in [1.29, 1.82) is 0 Å². The second-order valence-corrected chi connectivity index (χ2v) is 6.02. The van der Waals surface area contributed by atoms with Gasteiger partial charge < -0.3 is 4.74 Å². The molecule has 16 heavy (non-hydrogen) atoms. The maximum Gasteiger partial charge on any atom is 0.422 e. The smallest absolute Gasteiger partial charge is 0.422 e. The molecule has 1 amide bonds. The minimum atomic E-state index is -0.469. The molecule has 0 spiro atoms. The highest BCUT2D eigenvalue weighted by molar-refractivity contribution is 7.92. The van der Waals surface area contributed by atoms with Crippen LogP contribution in [0.25, 0.3) is 0 Å². The lowest BCUT2D eigenvalue weighted by atomic mass is 9.95. The second kappa shape index (κ2) is 4.84. The van der Waals surface area contributed by atoms with Gasteiger partial charge in [0.1, 0.15) is 17.8 Å². The third-order valence-corrected chi connectivity index (χ3v) is 3.67. The number of hydrogen-bond acceptors (Lipinski definition) is 4. The van der Waals surface area contributed by atoms with Crippen molar-refractivity contribution in [3.8, 4) is 0 Å². The van der Waals surface area contributed by atoms with Crippen LogP contribution in [0.5, 0.6) is 0 Å². The van der Waals surface area contributed by atoms with Gasteiger partial charge in [0.2, 0.25) is 0 Å². The maximum atomic E-state index is 12.0. The van der Waals surface area contributed by atoms with Crippen molar-refractivity contribution in [3.05, 3.63) is 0 Å². The molecule has 0 aliphatic carbocycles. The second-order valence-electron chi connectivity index (χ2n) is 5.27. The third kappa shape index (κ3) is 3.28. The van der Waals surface area contributed by atoms with Crippen molar-refractivity contribution in [3.63, 3.8) is 0 Å². The van der Waals surface area contributed by atoms with Crippen LogP contribution in [0.3, 0.4) is 0 Å². The van der Waals surface area contributed by atoms with E-state index in [4.69, 9.17) is 8.92 Å². The van der Waals surface area contributed by atoms with Gasteiger partial charge in [-0.05, 0) is 40.5 Å². The van der Waals surface area contributed by atoms with Crippen LogP contribution >= 0.6 is 12.2 Å². The van der Waals surface area contributed by atoms with Gasteiger partial charge in [0.25, 0.3) is 0 Å². The number of nitrogens with zero attached hydrogens (tertiary/aromatic N) is 1. The fourth-order valence-electron chi connectivity index (χ4n) is 1.42. The molecule has 1 aliphatic heterocycles. The van der Waals surface area contributed by atoms with Crippen LogP contribution in [0.4, 0.5) is 4.79 Å². The van der Waals surface area contributed by atoms with Crippen LogP contribution in [-0.4, -0.2) is 28.1 Å². The summed E-state index contributed by atoms with van der Waals surface area (Å²) in [4.78, 5) is 12.0. The Bertz CT molecular complexity index is 264. The zero-order valence-electron chi connectivity index (χ0n) is 10.7. The topological polar surface area (TPSA) is 38.8 Å². The van der Waals surface area contributed by atoms with E-state index in [1.165, 1.54) is 0 Å². The molecule has 94 valence electrons. The number of carbonyl (C=O) groups excluding carboxylic acids is 1. The summed E-state index contributed by atoms with van der Waals surface area (Å²) in [5.74, 6) is 0. The van der Waals surface area contributed by atoms with E-state index in [1.54, 1.807) is 4.31 Å². The molecule has 1 saturated heterocycles. The molecule has 0 N–H and O–H groups in total. The molecule has 4 nitrogen and oxygen atoms in total. The Kier molecular flexibility index (Phi) is 4.12. The first kappa shape index (κ1) is 13.6. The van der Waals surface area contributed by atoms with Gasteiger partial charge in [-0.3, -0.25) is 4.18 Å². The zero-order valence-corrected chi connectivity index (χ0v) is 11.5. The summed E-state index contributed by atoms with van der Waals surface area (Å²) in [5, 5.41) is 0. The quantitative estimate of drug-likeness (QED) is 0.526. The summed E-state index contributed by atoms with van der Waals surface area (Å²) in [5.41, 5.74) is -0.644. The molecule has 5 heteroatoms. The highest BCUT2D eigenvalue weighted by Gasteiger charge is 2.40. The summed E-state index contributed by atoms with van der Waals surface area (Å²) >= 11 is 1.10. The molecule has 0 radical (unpaired) electrons. The molecule has 0 aromatic rings. The summed E-state index contributed by atoms with van der Waals surface area (Å²) in [6, 6.07) is 0. The summed E-state index contributed by atoms with van der Waals surface area (Å²) in [6.45, 7) is 10.4. The minimum absolute atomic E-state index is 0.175. The lowest BCUT2D eigenvalue weighted by Gasteiger charge is -2.42. The normalized spacial score (nSPS) is 26.7. The largest absolute Gasteiger partial charge is 0.443 e. The van der Waals surface area contributed by atoms with Crippen molar-refractivity contribution in [2.75, 3.05) is 6.61 Å². The number of carbonyl (C=O) groups is 1. The molecule has 1 rings (SSSR count). The number of rotatable bonds is 1. The van der Waals surface area contributed by atoms with Crippen LogP contribution in [0.15, 0.2) is 0 Å². The van der Waals surface area contributed by atoms with E-state index >= 15 is 0 Å². The standard InChI is InChI=1S/C11H21NO3S/c1-6-11(5)7-8-14-16-12(11)9(13)15-10(2,3)4/h6-8H2,1-5H3. The number of amides is 1. The van der Waals surface area contributed by atoms with E-state index in [9.17, 15) is 4.79 Å². The van der Waals surface area contributed by atoms with E-state index in [2.05, 4.69) is 13.8 Å². The Hall–Kier alpha value is -0.420. The monoisotopic (exact) mass is 247 g/mol. The first-order chi connectivity index (χ1) is 7.28. The van der Waals surface area contributed by atoms with Gasteiger partial charge >= 0.3 is 6.09 Å². The Labute approximate surface area is 102 Å². The molecular formula is C11H21NO3S. The minimum Gasteiger partial charge on any atom is -0.443 e.